The van der Waals surface area contributed by atoms with Gasteiger partial charge in [0.1, 0.15) is 42.3 Å². The number of carbonyl (C=O) groups is 4. The number of piperidine rings is 1. The van der Waals surface area contributed by atoms with E-state index in [0.29, 0.717) is 50.2 Å². The molecule has 4 aromatic carbocycles. The van der Waals surface area contributed by atoms with Crippen molar-refractivity contribution < 1.29 is 55.7 Å². The molecule has 0 radical (unpaired) electrons. The number of piperazine rings is 1. The van der Waals surface area contributed by atoms with Crippen LogP contribution in [-0.2, 0) is 52.1 Å². The minimum Gasteiger partial charge on any atom is -0.494 e. The van der Waals surface area contributed by atoms with E-state index >= 15 is 0 Å². The van der Waals surface area contributed by atoms with E-state index in [0.717, 1.165) is 87.2 Å². The Morgan fingerprint density at radius 2 is 0.976 bits per heavy atom. The summed E-state index contributed by atoms with van der Waals surface area (Å²) in [6, 6.07) is 24.8. The highest BCUT2D eigenvalue weighted by atomic mass is 32.2. The number of aliphatic carboxylic acids is 2. The molecule has 83 heavy (non-hydrogen) atoms. The summed E-state index contributed by atoms with van der Waals surface area (Å²) in [5, 5.41) is 24.8. The molecule has 2 amide bonds. The number of rotatable bonds is 24. The molecule has 5 heterocycles. The second kappa shape index (κ2) is 29.5. The Morgan fingerprint density at radius 1 is 0.542 bits per heavy atom. The number of aromatic nitrogens is 2. The average molecular weight is 1180 g/mol. The first-order valence-corrected chi connectivity index (χ1v) is 31.5. The number of hydrogen-bond donors (Lipinski definition) is 4. The molecule has 4 aliphatic rings. The number of likely N-dealkylation sites (tertiary alicyclic amines) is 1. The van der Waals surface area contributed by atoms with E-state index < -0.39 is 68.0 Å². The van der Waals surface area contributed by atoms with E-state index in [1.54, 1.807) is 79.1 Å². The third kappa shape index (κ3) is 17.3. The van der Waals surface area contributed by atoms with Crippen molar-refractivity contribution in [2.24, 2.45) is 0 Å². The van der Waals surface area contributed by atoms with Gasteiger partial charge in [-0.1, -0.05) is 66.1 Å². The first-order valence-electron chi connectivity index (χ1n) is 28.6. The van der Waals surface area contributed by atoms with Crippen molar-refractivity contribution in [3.05, 3.63) is 138 Å². The van der Waals surface area contributed by atoms with Crippen molar-refractivity contribution >= 4 is 49.7 Å². The summed E-state index contributed by atoms with van der Waals surface area (Å²) in [4.78, 5) is 66.1. The van der Waals surface area contributed by atoms with E-state index in [9.17, 15) is 46.2 Å². The number of aryl methyl sites for hydroxylation is 2. The highest BCUT2D eigenvalue weighted by molar-refractivity contribution is 7.89. The van der Waals surface area contributed by atoms with Gasteiger partial charge >= 0.3 is 11.9 Å². The fourth-order valence-electron chi connectivity index (χ4n) is 10.7. The fourth-order valence-corrected chi connectivity index (χ4v) is 14.0. The van der Waals surface area contributed by atoms with Crippen LogP contribution in [0.25, 0.3) is 0 Å². The first-order chi connectivity index (χ1) is 39.9. The van der Waals surface area contributed by atoms with Crippen LogP contribution < -0.4 is 25.0 Å². The lowest BCUT2D eigenvalue weighted by atomic mass is 10.1. The second-order valence-corrected chi connectivity index (χ2v) is 25.3. The van der Waals surface area contributed by atoms with Crippen molar-refractivity contribution in [3.63, 3.8) is 0 Å². The predicted molar refractivity (Wildman–Crippen MR) is 312 cm³/mol. The third-order valence-electron chi connectivity index (χ3n) is 15.4. The molecule has 446 valence electrons. The molecule has 0 saturated carbocycles. The summed E-state index contributed by atoms with van der Waals surface area (Å²) in [5.74, 6) is -1.43. The number of sulfonamides is 2. The predicted octanol–water partition coefficient (Wildman–Crippen LogP) is 5.17. The Bertz CT molecular complexity index is 3150. The SMILES string of the molecule is Cc1ccc(S(=O)(=O)N2CCC[C@H]2C(=O)N[C@@H](Cc2ccc(OCCCN3CCCCC3)cc2)C(=O)O)cc1.Cc1ccc(S(=O)(=O)N2CCC[C@H]2C(=O)N[C@@H](Cc2ccc(OCCN3CCN(c4ncccn4)CC3)cc2)C(=O)O)cc1. The number of nitrogens with one attached hydrogen (secondary N) is 2. The third-order valence-corrected chi connectivity index (χ3v) is 19.3. The molecule has 21 nitrogen and oxygen atoms in total. The van der Waals surface area contributed by atoms with Crippen LogP contribution in [0.1, 0.15) is 73.6 Å². The largest absolute Gasteiger partial charge is 0.494 e. The van der Waals surface area contributed by atoms with Crippen LogP contribution in [0.5, 0.6) is 11.5 Å². The number of benzene rings is 4. The number of anilines is 1. The molecule has 4 aliphatic heterocycles. The molecule has 4 saturated heterocycles. The number of carbonyl (C=O) groups excluding carboxylic acids is 2. The van der Waals surface area contributed by atoms with Crippen LogP contribution in [0.2, 0.25) is 0 Å². The molecule has 0 spiro atoms. The molecule has 4 N–H and O–H groups in total. The molecular weight excluding hydrogens is 1100 g/mol. The summed E-state index contributed by atoms with van der Waals surface area (Å²) < 4.78 is 67.0. The van der Waals surface area contributed by atoms with Crippen LogP contribution in [0.15, 0.2) is 125 Å². The van der Waals surface area contributed by atoms with Crippen LogP contribution in [0.4, 0.5) is 5.95 Å². The maximum atomic E-state index is 13.2. The van der Waals surface area contributed by atoms with Gasteiger partial charge in [0.2, 0.25) is 37.8 Å². The Hall–Kier alpha value is -7.02. The van der Waals surface area contributed by atoms with Gasteiger partial charge in [0.05, 0.1) is 16.4 Å². The summed E-state index contributed by atoms with van der Waals surface area (Å²) in [6.07, 6.45) is 10.1. The fraction of sp³-hybridized carbons (Fsp3) is 0.467. The number of nitrogens with zero attached hydrogens (tertiary/aromatic N) is 7. The monoisotopic (exact) mass is 1180 g/mol. The normalized spacial score (nSPS) is 19.0. The van der Waals surface area contributed by atoms with Crippen LogP contribution in [-0.4, -0.2) is 182 Å². The summed E-state index contributed by atoms with van der Waals surface area (Å²) in [5.41, 5.74) is 3.30. The molecule has 23 heteroatoms. The van der Waals surface area contributed by atoms with Gasteiger partial charge in [-0.05, 0) is 138 Å². The number of amides is 2. The highest BCUT2D eigenvalue weighted by Gasteiger charge is 2.42. The van der Waals surface area contributed by atoms with Gasteiger partial charge < -0.3 is 40.1 Å². The molecule has 0 unspecified atom stereocenters. The molecule has 0 aliphatic carbocycles. The van der Waals surface area contributed by atoms with Crippen molar-refractivity contribution in [2.75, 3.05) is 83.6 Å². The lowest BCUT2D eigenvalue weighted by Crippen LogP contribution is -2.51. The van der Waals surface area contributed by atoms with Gasteiger partial charge in [-0.25, -0.2) is 36.4 Å². The van der Waals surface area contributed by atoms with Gasteiger partial charge in [0.25, 0.3) is 0 Å². The zero-order valence-corrected chi connectivity index (χ0v) is 48.9. The van der Waals surface area contributed by atoms with Gasteiger partial charge in [0.15, 0.2) is 0 Å². The van der Waals surface area contributed by atoms with E-state index in [2.05, 4.69) is 35.3 Å². The van der Waals surface area contributed by atoms with E-state index in [1.807, 2.05) is 26.0 Å². The Balaban J connectivity index is 0.000000219. The van der Waals surface area contributed by atoms with Gasteiger partial charge in [-0.15, -0.1) is 0 Å². The maximum absolute atomic E-state index is 13.2. The standard InChI is InChI=1S/C31H38N6O6S.C29H39N3O6S/c1-23-5-11-26(12-6-23)44(41,42)37-15-2-4-28(37)29(38)34-27(30(39)40)22-24-7-9-25(10-8-24)43-21-20-35-16-18-36(19-17-35)31-32-13-3-14-33-31;1-22-8-14-25(15-9-22)39(36,37)32-19-5-7-27(32)28(33)30-26(29(34)35)21-23-10-12-24(13-11-23)38-20-6-18-31-16-3-2-4-17-31/h3,5-14,27-28H,2,4,15-22H2,1H3,(H,34,38)(H,39,40);8-15,26-27H,2-7,16-21H2,1H3,(H,30,33)(H,34,35)/t27-,28-;26-,27-/m00/s1. The van der Waals surface area contributed by atoms with Crippen molar-refractivity contribution in [2.45, 2.75) is 112 Å². The second-order valence-electron chi connectivity index (χ2n) is 21.5. The van der Waals surface area contributed by atoms with Crippen LogP contribution in [0, 0.1) is 13.8 Å². The molecule has 1 aromatic heterocycles. The quantitative estimate of drug-likeness (QED) is 0.0581. The van der Waals surface area contributed by atoms with Crippen molar-refractivity contribution in [1.29, 1.82) is 0 Å². The van der Waals surface area contributed by atoms with Crippen LogP contribution in [0.3, 0.4) is 0 Å². The maximum Gasteiger partial charge on any atom is 0.326 e. The first kappa shape index (κ1) is 62.0. The number of hydrogen-bond acceptors (Lipinski definition) is 15. The van der Waals surface area contributed by atoms with Gasteiger partial charge in [0, 0.05) is 77.6 Å². The zero-order valence-electron chi connectivity index (χ0n) is 47.3. The average Bonchev–Trinajstić information content (AvgIpc) is 3.07. The minimum atomic E-state index is -3.90. The van der Waals surface area contributed by atoms with Gasteiger partial charge in [-0.3, -0.25) is 14.5 Å². The molecular formula is C60H77N9O12S2. The molecule has 5 aromatic rings. The zero-order chi connectivity index (χ0) is 58.9. The van der Waals surface area contributed by atoms with E-state index in [-0.39, 0.29) is 35.7 Å². The highest BCUT2D eigenvalue weighted by Crippen LogP contribution is 2.29. The summed E-state index contributed by atoms with van der Waals surface area (Å²) in [7, 11) is -7.77. The lowest BCUT2D eigenvalue weighted by Gasteiger charge is -2.34. The Kier molecular flexibility index (Phi) is 22.0. The Labute approximate surface area is 487 Å². The van der Waals surface area contributed by atoms with E-state index in [1.165, 1.54) is 52.1 Å². The molecule has 0 bridgehead atoms. The minimum absolute atomic E-state index is 0.0498. The van der Waals surface area contributed by atoms with E-state index in [4.69, 9.17) is 9.47 Å². The number of carboxylic acids is 2. The topological polar surface area (TPSA) is 262 Å². The summed E-state index contributed by atoms with van der Waals surface area (Å²) >= 11 is 0. The Morgan fingerprint density at radius 3 is 1.42 bits per heavy atom. The summed E-state index contributed by atoms with van der Waals surface area (Å²) in [6.45, 7) is 12.9. The number of ether oxygens (including phenoxy) is 2. The molecule has 4 fully saturated rings. The molecule has 9 rings (SSSR count). The smallest absolute Gasteiger partial charge is 0.326 e. The lowest BCUT2D eigenvalue weighted by molar-refractivity contribution is -0.142. The van der Waals surface area contributed by atoms with Crippen molar-refractivity contribution in [1.82, 2.24) is 39.0 Å². The van der Waals surface area contributed by atoms with Crippen molar-refractivity contribution in [3.8, 4) is 11.5 Å². The molecule has 4 atom stereocenters. The van der Waals surface area contributed by atoms with Crippen LogP contribution >= 0.6 is 0 Å². The van der Waals surface area contributed by atoms with Gasteiger partial charge in [-0.2, -0.15) is 8.61 Å². The number of carboxylic acid groups (broad SMARTS) is 2.